The molecular formula is C12H17N7O2. The van der Waals surface area contributed by atoms with Crippen LogP contribution in [0.25, 0.3) is 0 Å². The average molecular weight is 291 g/mol. The summed E-state index contributed by atoms with van der Waals surface area (Å²) in [7, 11) is 3.56. The van der Waals surface area contributed by atoms with Crippen molar-refractivity contribution in [3.05, 3.63) is 5.82 Å². The van der Waals surface area contributed by atoms with E-state index in [-0.39, 0.29) is 30.5 Å². The number of nitrogens with two attached hydrogens (primary N) is 1. The molecule has 1 atom stereocenters. The van der Waals surface area contributed by atoms with Crippen molar-refractivity contribution in [1.82, 2.24) is 24.8 Å². The third-order valence-electron chi connectivity index (χ3n) is 3.67. The molecule has 1 unspecified atom stereocenters. The summed E-state index contributed by atoms with van der Waals surface area (Å²) in [4.78, 5) is 41.2. The molecule has 9 heteroatoms. The van der Waals surface area contributed by atoms with Gasteiger partial charge in [-0.2, -0.15) is 15.0 Å². The number of hydrogen-bond donors (Lipinski definition) is 1. The van der Waals surface area contributed by atoms with Gasteiger partial charge in [-0.25, -0.2) is 4.79 Å². The highest BCUT2D eigenvalue weighted by atomic mass is 16.2. The summed E-state index contributed by atoms with van der Waals surface area (Å²) >= 11 is 0. The number of hydrogen-bond acceptors (Lipinski definition) is 7. The van der Waals surface area contributed by atoms with Crippen LogP contribution in [-0.2, 0) is 11.3 Å². The van der Waals surface area contributed by atoms with Gasteiger partial charge in [0, 0.05) is 20.6 Å². The van der Waals surface area contributed by atoms with E-state index >= 15 is 0 Å². The SMILES string of the molecule is CN(C)c1nc(N)nc(CN2C(=O)C3CCCN3C2=O)n1. The van der Waals surface area contributed by atoms with Crippen molar-refractivity contribution in [2.45, 2.75) is 25.4 Å². The van der Waals surface area contributed by atoms with E-state index in [1.54, 1.807) is 23.9 Å². The normalized spacial score (nSPS) is 21.1. The third-order valence-corrected chi connectivity index (χ3v) is 3.67. The minimum Gasteiger partial charge on any atom is -0.368 e. The predicted molar refractivity (Wildman–Crippen MR) is 74.2 cm³/mol. The quantitative estimate of drug-likeness (QED) is 0.744. The molecule has 1 aromatic rings. The molecular weight excluding hydrogens is 274 g/mol. The van der Waals surface area contributed by atoms with Gasteiger partial charge in [0.2, 0.25) is 11.9 Å². The fourth-order valence-corrected chi connectivity index (χ4v) is 2.66. The molecule has 2 aliphatic rings. The molecule has 9 nitrogen and oxygen atoms in total. The van der Waals surface area contributed by atoms with Crippen LogP contribution >= 0.6 is 0 Å². The fourth-order valence-electron chi connectivity index (χ4n) is 2.66. The Labute approximate surface area is 121 Å². The molecule has 1 aromatic heterocycles. The first-order valence-corrected chi connectivity index (χ1v) is 6.77. The second-order valence-electron chi connectivity index (χ2n) is 5.36. The molecule has 2 saturated heterocycles. The number of carbonyl (C=O) groups excluding carboxylic acids is 2. The van der Waals surface area contributed by atoms with Gasteiger partial charge in [-0.3, -0.25) is 9.69 Å². The zero-order valence-electron chi connectivity index (χ0n) is 12.0. The van der Waals surface area contributed by atoms with Crippen molar-refractivity contribution in [1.29, 1.82) is 0 Å². The van der Waals surface area contributed by atoms with Gasteiger partial charge in [-0.15, -0.1) is 0 Å². The van der Waals surface area contributed by atoms with Crippen LogP contribution in [0, 0.1) is 0 Å². The van der Waals surface area contributed by atoms with E-state index < -0.39 is 0 Å². The number of imide groups is 1. The molecule has 2 aliphatic heterocycles. The van der Waals surface area contributed by atoms with Crippen molar-refractivity contribution in [3.63, 3.8) is 0 Å². The molecule has 0 aromatic carbocycles. The zero-order valence-corrected chi connectivity index (χ0v) is 12.0. The van der Waals surface area contributed by atoms with E-state index in [1.807, 2.05) is 0 Å². The monoisotopic (exact) mass is 291 g/mol. The lowest BCUT2D eigenvalue weighted by Crippen LogP contribution is -2.33. The molecule has 0 bridgehead atoms. The maximum Gasteiger partial charge on any atom is 0.327 e. The van der Waals surface area contributed by atoms with Gasteiger partial charge in [0.25, 0.3) is 5.91 Å². The molecule has 0 radical (unpaired) electrons. The summed E-state index contributed by atoms with van der Waals surface area (Å²) < 4.78 is 0. The van der Waals surface area contributed by atoms with Crippen LogP contribution < -0.4 is 10.6 Å². The number of amides is 3. The van der Waals surface area contributed by atoms with Gasteiger partial charge in [0.1, 0.15) is 6.04 Å². The van der Waals surface area contributed by atoms with E-state index in [9.17, 15) is 9.59 Å². The van der Waals surface area contributed by atoms with Gasteiger partial charge in [-0.05, 0) is 12.8 Å². The third kappa shape index (κ3) is 2.24. The van der Waals surface area contributed by atoms with Crippen LogP contribution in [0.4, 0.5) is 16.7 Å². The van der Waals surface area contributed by atoms with Crippen LogP contribution in [-0.4, -0.2) is 63.4 Å². The lowest BCUT2D eigenvalue weighted by atomic mass is 10.2. The smallest absolute Gasteiger partial charge is 0.327 e. The Balaban J connectivity index is 1.84. The van der Waals surface area contributed by atoms with Crippen LogP contribution in [0.3, 0.4) is 0 Å². The molecule has 0 spiro atoms. The number of fused-ring (bicyclic) bond motifs is 1. The number of rotatable bonds is 3. The van der Waals surface area contributed by atoms with Crippen molar-refractivity contribution < 1.29 is 9.59 Å². The first-order chi connectivity index (χ1) is 9.97. The predicted octanol–water partition coefficient (Wildman–Crippen LogP) is -0.554. The van der Waals surface area contributed by atoms with Gasteiger partial charge in [0.05, 0.1) is 6.54 Å². The largest absolute Gasteiger partial charge is 0.368 e. The maximum atomic E-state index is 12.3. The molecule has 3 amide bonds. The van der Waals surface area contributed by atoms with Crippen LogP contribution in [0.1, 0.15) is 18.7 Å². The van der Waals surface area contributed by atoms with Crippen molar-refractivity contribution in [2.75, 3.05) is 31.3 Å². The first kappa shape index (κ1) is 13.5. The number of nitrogens with zero attached hydrogens (tertiary/aromatic N) is 6. The summed E-state index contributed by atoms with van der Waals surface area (Å²) in [6, 6.07) is -0.585. The molecule has 0 saturated carbocycles. The van der Waals surface area contributed by atoms with E-state index in [0.29, 0.717) is 18.3 Å². The number of anilines is 2. The summed E-state index contributed by atoms with van der Waals surface area (Å²) in [6.07, 6.45) is 1.60. The van der Waals surface area contributed by atoms with Gasteiger partial charge >= 0.3 is 6.03 Å². The topological polar surface area (TPSA) is 109 Å². The molecule has 0 aliphatic carbocycles. The first-order valence-electron chi connectivity index (χ1n) is 6.77. The van der Waals surface area contributed by atoms with Crippen LogP contribution in [0.15, 0.2) is 0 Å². The fraction of sp³-hybridized carbons (Fsp3) is 0.583. The number of nitrogen functional groups attached to an aromatic ring is 1. The zero-order chi connectivity index (χ0) is 15.1. The summed E-state index contributed by atoms with van der Waals surface area (Å²) in [5.41, 5.74) is 5.65. The average Bonchev–Trinajstić information content (AvgIpc) is 2.98. The highest BCUT2D eigenvalue weighted by molar-refractivity contribution is 6.04. The molecule has 21 heavy (non-hydrogen) atoms. The Morgan fingerprint density at radius 2 is 2.05 bits per heavy atom. The second-order valence-corrected chi connectivity index (χ2v) is 5.36. The Morgan fingerprint density at radius 3 is 2.71 bits per heavy atom. The minimum atomic E-state index is -0.315. The maximum absolute atomic E-state index is 12.3. The Hall–Kier alpha value is -2.45. The molecule has 3 rings (SSSR count). The minimum absolute atomic E-state index is 0.0260. The highest BCUT2D eigenvalue weighted by Crippen LogP contribution is 2.28. The van der Waals surface area contributed by atoms with E-state index in [1.165, 1.54) is 4.90 Å². The molecule has 2 N–H and O–H groups in total. The van der Waals surface area contributed by atoms with Crippen LogP contribution in [0.5, 0.6) is 0 Å². The summed E-state index contributed by atoms with van der Waals surface area (Å²) in [6.45, 7) is 0.659. The van der Waals surface area contributed by atoms with Crippen molar-refractivity contribution in [2.24, 2.45) is 0 Å². The lowest BCUT2D eigenvalue weighted by molar-refractivity contribution is -0.128. The van der Waals surface area contributed by atoms with Crippen molar-refractivity contribution >= 4 is 23.8 Å². The standard InChI is InChI=1S/C12H17N7O2/c1-17(2)11-15-8(14-10(13)16-11)6-19-9(20)7-4-3-5-18(7)12(19)21/h7H,3-6H2,1-2H3,(H2,13,14,15,16). The molecule has 3 heterocycles. The molecule has 112 valence electrons. The number of aromatic nitrogens is 3. The van der Waals surface area contributed by atoms with Gasteiger partial charge in [0.15, 0.2) is 5.82 Å². The molecule has 2 fully saturated rings. The second kappa shape index (κ2) is 4.83. The number of urea groups is 1. The lowest BCUT2D eigenvalue weighted by Gasteiger charge is -2.16. The van der Waals surface area contributed by atoms with E-state index in [4.69, 9.17) is 5.73 Å². The van der Waals surface area contributed by atoms with Gasteiger partial charge < -0.3 is 15.5 Å². The Kier molecular flexibility index (Phi) is 3.11. The van der Waals surface area contributed by atoms with Gasteiger partial charge in [-0.1, -0.05) is 0 Å². The summed E-state index contributed by atoms with van der Waals surface area (Å²) in [5, 5.41) is 0. The van der Waals surface area contributed by atoms with Crippen molar-refractivity contribution in [3.8, 4) is 0 Å². The summed E-state index contributed by atoms with van der Waals surface area (Å²) in [5.74, 6) is 0.609. The van der Waals surface area contributed by atoms with E-state index in [2.05, 4.69) is 15.0 Å². The Morgan fingerprint density at radius 1 is 1.29 bits per heavy atom. The van der Waals surface area contributed by atoms with Crippen LogP contribution in [0.2, 0.25) is 0 Å². The van der Waals surface area contributed by atoms with E-state index in [0.717, 1.165) is 12.8 Å². The highest BCUT2D eigenvalue weighted by Gasteiger charge is 2.47. The number of carbonyl (C=O) groups is 2. The Bertz CT molecular complexity index is 581.